The van der Waals surface area contributed by atoms with E-state index in [2.05, 4.69) is 132 Å². The van der Waals surface area contributed by atoms with Crippen molar-refractivity contribution in [2.75, 3.05) is 0 Å². The zero-order chi connectivity index (χ0) is 25.3. The van der Waals surface area contributed by atoms with Gasteiger partial charge in [0, 0.05) is 28.4 Å². The highest BCUT2D eigenvalue weighted by atomic mass is 15.0. The number of para-hydroxylation sites is 1. The number of benzene rings is 6. The van der Waals surface area contributed by atoms with Gasteiger partial charge in [0.25, 0.3) is 0 Å². The van der Waals surface area contributed by atoms with Gasteiger partial charge in [-0.2, -0.15) is 0 Å². The monoisotopic (exact) mass is 493 g/mol. The van der Waals surface area contributed by atoms with Crippen LogP contribution in [0, 0.1) is 0 Å². The molecule has 2 aliphatic carbocycles. The first-order chi connectivity index (χ1) is 19.4. The second kappa shape index (κ2) is 6.76. The Hall–Kier alpha value is -4.88. The number of fused-ring (bicyclic) bond motifs is 16. The summed E-state index contributed by atoms with van der Waals surface area (Å²) in [5.74, 6) is 0. The Morgan fingerprint density at radius 3 is 1.72 bits per heavy atom. The minimum atomic E-state index is -0.306. The van der Waals surface area contributed by atoms with Crippen molar-refractivity contribution in [2.24, 2.45) is 0 Å². The van der Waals surface area contributed by atoms with E-state index in [0.29, 0.717) is 0 Å². The minimum Gasteiger partial charge on any atom is -0.335 e. The summed E-state index contributed by atoms with van der Waals surface area (Å²) >= 11 is 0. The molecular formula is C38H23N. The van der Waals surface area contributed by atoms with Crippen molar-refractivity contribution in [2.45, 2.75) is 12.0 Å². The van der Waals surface area contributed by atoms with E-state index in [-0.39, 0.29) is 5.41 Å². The molecule has 0 atom stereocenters. The maximum absolute atomic E-state index is 2.61. The molecule has 0 amide bonds. The van der Waals surface area contributed by atoms with Crippen LogP contribution >= 0.6 is 0 Å². The van der Waals surface area contributed by atoms with Crippen LogP contribution in [0.4, 0.5) is 0 Å². The standard InChI is InChI=1S/C38H23N/c1-2-11-24-23(10-1)22-39-36-27(24)15-9-16-28(36)29-20-21-34-35(37(29)39)30-14-5-8-19-33(30)38(34)31-17-6-3-12-25(31)26-13-4-7-18-32(26)38/h1-21H,22H2. The van der Waals surface area contributed by atoms with Gasteiger partial charge in [-0.05, 0) is 50.1 Å². The van der Waals surface area contributed by atoms with Crippen LogP contribution in [0.15, 0.2) is 127 Å². The van der Waals surface area contributed by atoms with Crippen molar-refractivity contribution >= 4 is 21.8 Å². The van der Waals surface area contributed by atoms with E-state index >= 15 is 0 Å². The predicted octanol–water partition coefficient (Wildman–Crippen LogP) is 9.17. The number of hydrogen-bond donors (Lipinski definition) is 0. The van der Waals surface area contributed by atoms with Crippen LogP contribution in [0.5, 0.6) is 0 Å². The van der Waals surface area contributed by atoms with Crippen LogP contribution in [0.3, 0.4) is 0 Å². The van der Waals surface area contributed by atoms with Gasteiger partial charge in [-0.25, -0.2) is 0 Å². The molecule has 1 nitrogen and oxygen atoms in total. The lowest BCUT2D eigenvalue weighted by atomic mass is 9.70. The number of aromatic nitrogens is 1. The zero-order valence-corrected chi connectivity index (χ0v) is 21.3. The lowest BCUT2D eigenvalue weighted by molar-refractivity contribution is 0.793. The van der Waals surface area contributed by atoms with Crippen molar-refractivity contribution in [3.8, 4) is 33.4 Å². The van der Waals surface area contributed by atoms with E-state index in [1.54, 1.807) is 0 Å². The molecule has 10 rings (SSSR count). The second-order valence-electron chi connectivity index (χ2n) is 11.2. The lowest BCUT2D eigenvalue weighted by Crippen LogP contribution is -2.25. The molecule has 0 radical (unpaired) electrons. The Balaban J connectivity index is 1.43. The lowest BCUT2D eigenvalue weighted by Gasteiger charge is -2.30. The molecule has 0 fully saturated rings. The zero-order valence-electron chi connectivity index (χ0n) is 21.3. The summed E-state index contributed by atoms with van der Waals surface area (Å²) in [5.41, 5.74) is 17.6. The average molecular weight is 494 g/mol. The van der Waals surface area contributed by atoms with Crippen molar-refractivity contribution in [1.82, 2.24) is 4.57 Å². The largest absolute Gasteiger partial charge is 0.335 e. The van der Waals surface area contributed by atoms with Crippen LogP contribution < -0.4 is 0 Å². The molecule has 7 aromatic rings. The Bertz CT molecular complexity index is 2160. The third-order valence-corrected chi connectivity index (χ3v) is 9.64. The molecule has 0 unspecified atom stereocenters. The molecule has 1 aliphatic heterocycles. The third-order valence-electron chi connectivity index (χ3n) is 9.64. The van der Waals surface area contributed by atoms with E-state index in [1.807, 2.05) is 0 Å². The molecule has 0 saturated heterocycles. The number of rotatable bonds is 0. The Kier molecular flexibility index (Phi) is 3.49. The predicted molar refractivity (Wildman–Crippen MR) is 160 cm³/mol. The van der Waals surface area contributed by atoms with Gasteiger partial charge in [0.2, 0.25) is 0 Å². The van der Waals surface area contributed by atoms with Gasteiger partial charge in [-0.15, -0.1) is 0 Å². The molecule has 1 heteroatoms. The van der Waals surface area contributed by atoms with Gasteiger partial charge in [0.15, 0.2) is 0 Å². The molecule has 6 aromatic carbocycles. The fraction of sp³-hybridized carbons (Fsp3) is 0.0526. The first-order valence-corrected chi connectivity index (χ1v) is 13.8. The summed E-state index contributed by atoms with van der Waals surface area (Å²) < 4.78 is 2.61. The van der Waals surface area contributed by atoms with E-state index < -0.39 is 0 Å². The molecule has 3 aliphatic rings. The molecular weight excluding hydrogens is 470 g/mol. The van der Waals surface area contributed by atoms with Gasteiger partial charge < -0.3 is 4.57 Å². The van der Waals surface area contributed by atoms with Gasteiger partial charge in [-0.1, -0.05) is 127 Å². The molecule has 180 valence electrons. The van der Waals surface area contributed by atoms with Crippen molar-refractivity contribution in [1.29, 1.82) is 0 Å². The molecule has 1 aromatic heterocycles. The highest BCUT2D eigenvalue weighted by Gasteiger charge is 2.52. The minimum absolute atomic E-state index is 0.306. The second-order valence-corrected chi connectivity index (χ2v) is 11.2. The molecule has 1 spiro atoms. The maximum atomic E-state index is 2.61. The molecule has 39 heavy (non-hydrogen) atoms. The van der Waals surface area contributed by atoms with Crippen molar-refractivity contribution in [3.63, 3.8) is 0 Å². The summed E-state index contributed by atoms with van der Waals surface area (Å²) in [5, 5.41) is 2.70. The van der Waals surface area contributed by atoms with Crippen molar-refractivity contribution in [3.05, 3.63) is 155 Å². The fourth-order valence-corrected chi connectivity index (χ4v) is 8.29. The SMILES string of the molecule is c1ccc2c(c1)Cn1c3c-2cccc3c2ccc3c(c21)-c1ccccc1C31c2ccccc2-c2ccccc21. The van der Waals surface area contributed by atoms with E-state index in [4.69, 9.17) is 0 Å². The van der Waals surface area contributed by atoms with E-state index in [0.717, 1.165) is 6.54 Å². The van der Waals surface area contributed by atoms with Crippen LogP contribution in [0.25, 0.3) is 55.2 Å². The highest BCUT2D eigenvalue weighted by Crippen LogP contribution is 2.64. The highest BCUT2D eigenvalue weighted by molar-refractivity contribution is 6.19. The first kappa shape index (κ1) is 20.1. The molecule has 2 heterocycles. The fourth-order valence-electron chi connectivity index (χ4n) is 8.29. The van der Waals surface area contributed by atoms with Crippen LogP contribution in [-0.4, -0.2) is 4.57 Å². The summed E-state index contributed by atoms with van der Waals surface area (Å²) in [6.07, 6.45) is 0. The number of nitrogens with zero attached hydrogens (tertiary/aromatic N) is 1. The van der Waals surface area contributed by atoms with E-state index in [9.17, 15) is 0 Å². The quantitative estimate of drug-likeness (QED) is 0.198. The Morgan fingerprint density at radius 2 is 0.974 bits per heavy atom. The first-order valence-electron chi connectivity index (χ1n) is 13.8. The normalized spacial score (nSPS) is 14.8. The summed E-state index contributed by atoms with van der Waals surface area (Å²) in [4.78, 5) is 0. The summed E-state index contributed by atoms with van der Waals surface area (Å²) in [6.45, 7) is 0.895. The van der Waals surface area contributed by atoms with Gasteiger partial charge in [0.1, 0.15) is 0 Å². The van der Waals surface area contributed by atoms with E-state index in [1.165, 1.54) is 83.0 Å². The maximum Gasteiger partial charge on any atom is 0.0726 e. The summed E-state index contributed by atoms with van der Waals surface area (Å²) in [6, 6.07) is 47.9. The summed E-state index contributed by atoms with van der Waals surface area (Å²) in [7, 11) is 0. The Morgan fingerprint density at radius 1 is 0.410 bits per heavy atom. The average Bonchev–Trinajstić information content (AvgIpc) is 3.60. The van der Waals surface area contributed by atoms with Crippen LogP contribution in [-0.2, 0) is 12.0 Å². The molecule has 0 bridgehead atoms. The molecule has 0 N–H and O–H groups in total. The topological polar surface area (TPSA) is 4.93 Å². The van der Waals surface area contributed by atoms with Crippen LogP contribution in [0.1, 0.15) is 27.8 Å². The van der Waals surface area contributed by atoms with Crippen LogP contribution in [0.2, 0.25) is 0 Å². The van der Waals surface area contributed by atoms with Crippen molar-refractivity contribution < 1.29 is 0 Å². The van der Waals surface area contributed by atoms with Gasteiger partial charge in [-0.3, -0.25) is 0 Å². The van der Waals surface area contributed by atoms with Gasteiger partial charge >= 0.3 is 0 Å². The number of hydrogen-bond acceptors (Lipinski definition) is 0. The van der Waals surface area contributed by atoms with Gasteiger partial charge in [0.05, 0.1) is 16.4 Å². The Labute approximate surface area is 226 Å². The third kappa shape index (κ3) is 2.15. The molecule has 0 saturated carbocycles. The smallest absolute Gasteiger partial charge is 0.0726 e.